The van der Waals surface area contributed by atoms with Crippen LogP contribution in [0.15, 0.2) is 0 Å². The number of carbonyl (C=O) groups is 4. The summed E-state index contributed by atoms with van der Waals surface area (Å²) in [7, 11) is -9.89. The van der Waals surface area contributed by atoms with Gasteiger partial charge in [-0.2, -0.15) is 0 Å². The van der Waals surface area contributed by atoms with Crippen molar-refractivity contribution in [3.8, 4) is 0 Å². The summed E-state index contributed by atoms with van der Waals surface area (Å²) in [5, 5.41) is 10.5. The van der Waals surface area contributed by atoms with Crippen molar-refractivity contribution >= 4 is 39.5 Å². The van der Waals surface area contributed by atoms with Gasteiger partial charge in [-0.25, -0.2) is 9.13 Å². The average molecular weight is 1240 g/mol. The second-order valence-corrected chi connectivity index (χ2v) is 27.4. The quantitative estimate of drug-likeness (QED) is 0.0222. The third kappa shape index (κ3) is 56.6. The summed E-state index contributed by atoms with van der Waals surface area (Å²) in [5.41, 5.74) is 0. The van der Waals surface area contributed by atoms with Gasteiger partial charge in [0.2, 0.25) is 0 Å². The van der Waals surface area contributed by atoms with E-state index in [9.17, 15) is 43.2 Å². The van der Waals surface area contributed by atoms with E-state index < -0.39 is 97.5 Å². The Labute approximate surface area is 511 Å². The fraction of sp³-hybridized carbons (Fsp3) is 0.938. The number of hydrogen-bond donors (Lipinski definition) is 3. The molecule has 0 bridgehead atoms. The fourth-order valence-electron chi connectivity index (χ4n) is 9.59. The van der Waals surface area contributed by atoms with Gasteiger partial charge in [0.05, 0.1) is 26.4 Å². The Morgan fingerprint density at radius 3 is 0.905 bits per heavy atom. The Morgan fingerprint density at radius 1 is 0.345 bits per heavy atom. The molecule has 0 aromatic carbocycles. The molecule has 0 rings (SSSR count). The van der Waals surface area contributed by atoms with Crippen LogP contribution in [0.2, 0.25) is 0 Å². The molecule has 84 heavy (non-hydrogen) atoms. The predicted molar refractivity (Wildman–Crippen MR) is 335 cm³/mol. The monoisotopic (exact) mass is 1240 g/mol. The van der Waals surface area contributed by atoms with Crippen LogP contribution >= 0.6 is 15.6 Å². The van der Waals surface area contributed by atoms with E-state index in [1.165, 1.54) is 122 Å². The van der Waals surface area contributed by atoms with Gasteiger partial charge in [0, 0.05) is 25.7 Å². The van der Waals surface area contributed by atoms with E-state index in [1.807, 2.05) is 0 Å². The second kappa shape index (κ2) is 56.3. The number of aliphatic hydroxyl groups excluding tert-OH is 1. The van der Waals surface area contributed by atoms with Gasteiger partial charge in [-0.3, -0.25) is 37.3 Å². The summed E-state index contributed by atoms with van der Waals surface area (Å²) in [6.07, 6.45) is 37.6. The molecule has 0 aliphatic rings. The molecule has 0 saturated carbocycles. The molecular weight excluding hydrogens is 1110 g/mol. The first-order valence-corrected chi connectivity index (χ1v) is 36.9. The number of unbranched alkanes of at least 4 members (excludes halogenated alkanes) is 29. The maximum Gasteiger partial charge on any atom is 0.472 e. The Bertz CT molecular complexity index is 1670. The molecule has 19 heteroatoms. The Balaban J connectivity index is 5.26. The SMILES string of the molecule is CCCCCCCCCCCCCCC(=O)OC[C@H](COP(=O)(O)OC[C@@H](O)COP(=O)(O)OC[C@@H](COC(=O)CCCCCCCCC(C)CC)OC(=O)CCCCCCCCCC(C)C)OC(=O)CCCCCCCCCCC(C)CC. The van der Waals surface area contributed by atoms with E-state index in [2.05, 4.69) is 48.5 Å². The van der Waals surface area contributed by atoms with E-state index in [0.29, 0.717) is 31.6 Å². The number of rotatable bonds is 63. The first-order chi connectivity index (χ1) is 40.3. The predicted octanol–water partition coefficient (Wildman–Crippen LogP) is 17.9. The lowest BCUT2D eigenvalue weighted by Gasteiger charge is -2.21. The normalized spacial score (nSPS) is 15.0. The summed E-state index contributed by atoms with van der Waals surface area (Å²) in [6.45, 7) is 11.7. The first kappa shape index (κ1) is 82.1. The average Bonchev–Trinajstić information content (AvgIpc) is 3.49. The van der Waals surface area contributed by atoms with Crippen LogP contribution in [0.1, 0.15) is 318 Å². The molecule has 0 aliphatic heterocycles. The van der Waals surface area contributed by atoms with Crippen LogP contribution in [0, 0.1) is 17.8 Å². The van der Waals surface area contributed by atoms with Crippen molar-refractivity contribution < 1.29 is 80.2 Å². The molecule has 3 N–H and O–H groups in total. The van der Waals surface area contributed by atoms with Gasteiger partial charge >= 0.3 is 39.5 Å². The molecule has 7 atom stereocenters. The number of aliphatic hydroxyl groups is 1. The minimum absolute atomic E-state index is 0.102. The molecule has 0 spiro atoms. The van der Waals surface area contributed by atoms with Crippen LogP contribution in [-0.2, 0) is 65.4 Å². The van der Waals surface area contributed by atoms with Gasteiger partial charge in [-0.05, 0) is 43.4 Å². The maximum atomic E-state index is 13.0. The van der Waals surface area contributed by atoms with Crippen LogP contribution in [0.5, 0.6) is 0 Å². The lowest BCUT2D eigenvalue weighted by atomic mass is 9.99. The summed E-state index contributed by atoms with van der Waals surface area (Å²) in [6, 6.07) is 0. The minimum Gasteiger partial charge on any atom is -0.462 e. The van der Waals surface area contributed by atoms with Crippen molar-refractivity contribution in [1.82, 2.24) is 0 Å². The maximum absolute atomic E-state index is 13.0. The van der Waals surface area contributed by atoms with E-state index in [-0.39, 0.29) is 25.7 Å². The van der Waals surface area contributed by atoms with E-state index in [0.717, 1.165) is 108 Å². The number of phosphoric acid groups is 2. The molecule has 0 radical (unpaired) electrons. The molecule has 0 saturated heterocycles. The summed E-state index contributed by atoms with van der Waals surface area (Å²) >= 11 is 0. The number of ether oxygens (including phenoxy) is 4. The van der Waals surface area contributed by atoms with Crippen LogP contribution in [0.3, 0.4) is 0 Å². The van der Waals surface area contributed by atoms with Gasteiger partial charge in [-0.1, -0.05) is 267 Å². The molecule has 0 amide bonds. The molecule has 0 heterocycles. The van der Waals surface area contributed by atoms with E-state index in [4.69, 9.17) is 37.0 Å². The molecule has 498 valence electrons. The van der Waals surface area contributed by atoms with Crippen LogP contribution in [0.25, 0.3) is 0 Å². The number of phosphoric ester groups is 2. The Hall–Kier alpha value is -1.94. The topological polar surface area (TPSA) is 237 Å². The Kier molecular flexibility index (Phi) is 55.0. The van der Waals surface area contributed by atoms with Crippen LogP contribution in [-0.4, -0.2) is 96.7 Å². The van der Waals surface area contributed by atoms with Crippen LogP contribution in [0.4, 0.5) is 0 Å². The molecule has 17 nitrogen and oxygen atoms in total. The fourth-order valence-corrected chi connectivity index (χ4v) is 11.2. The van der Waals surface area contributed by atoms with E-state index >= 15 is 0 Å². The zero-order valence-electron chi connectivity index (χ0n) is 54.4. The van der Waals surface area contributed by atoms with Gasteiger partial charge < -0.3 is 33.8 Å². The number of carbonyl (C=O) groups excluding carboxylic acids is 4. The van der Waals surface area contributed by atoms with Crippen molar-refractivity contribution in [2.75, 3.05) is 39.6 Å². The summed E-state index contributed by atoms with van der Waals surface area (Å²) < 4.78 is 68.0. The highest BCUT2D eigenvalue weighted by Crippen LogP contribution is 2.45. The largest absolute Gasteiger partial charge is 0.472 e. The number of esters is 4. The lowest BCUT2D eigenvalue weighted by Crippen LogP contribution is -2.30. The first-order valence-electron chi connectivity index (χ1n) is 33.9. The standard InChI is InChI=1S/C65H126O17P2/c1-8-11-12-13-14-15-16-17-18-24-32-39-46-62(67)75-52-60(81-64(69)48-41-34-25-20-19-23-30-37-44-57(6)9-2)54-79-83(71,72)77-50-59(66)51-78-84(73,74)80-55-61(82-65(70)49-42-35-26-21-22-29-36-43-56(4)5)53-76-63(68)47-40-33-28-27-31-38-45-58(7)10-3/h56-61,66H,8-55H2,1-7H3,(H,71,72)(H,73,74)/t57?,58?,59-,60-,61-/m1/s1. The third-order valence-corrected chi connectivity index (χ3v) is 17.5. The minimum atomic E-state index is -4.95. The molecule has 0 fully saturated rings. The molecule has 0 aliphatic carbocycles. The molecule has 0 aromatic heterocycles. The van der Waals surface area contributed by atoms with Crippen LogP contribution < -0.4 is 0 Å². The highest BCUT2D eigenvalue weighted by molar-refractivity contribution is 7.47. The van der Waals surface area contributed by atoms with Gasteiger partial charge in [-0.15, -0.1) is 0 Å². The van der Waals surface area contributed by atoms with Gasteiger partial charge in [0.25, 0.3) is 0 Å². The zero-order chi connectivity index (χ0) is 62.4. The van der Waals surface area contributed by atoms with Gasteiger partial charge in [0.15, 0.2) is 12.2 Å². The van der Waals surface area contributed by atoms with Crippen molar-refractivity contribution in [3.63, 3.8) is 0 Å². The van der Waals surface area contributed by atoms with Crippen molar-refractivity contribution in [1.29, 1.82) is 0 Å². The second-order valence-electron chi connectivity index (χ2n) is 24.5. The summed E-state index contributed by atoms with van der Waals surface area (Å²) in [4.78, 5) is 72.3. The third-order valence-electron chi connectivity index (χ3n) is 15.6. The highest BCUT2D eigenvalue weighted by atomic mass is 31.2. The molecular formula is C65H126O17P2. The zero-order valence-corrected chi connectivity index (χ0v) is 56.1. The molecule has 4 unspecified atom stereocenters. The van der Waals surface area contributed by atoms with Crippen molar-refractivity contribution in [2.45, 2.75) is 336 Å². The van der Waals surface area contributed by atoms with Gasteiger partial charge in [0.1, 0.15) is 19.3 Å². The lowest BCUT2D eigenvalue weighted by molar-refractivity contribution is -0.161. The Morgan fingerprint density at radius 2 is 0.607 bits per heavy atom. The molecule has 0 aromatic rings. The van der Waals surface area contributed by atoms with E-state index in [1.54, 1.807) is 0 Å². The number of hydrogen-bond acceptors (Lipinski definition) is 15. The summed E-state index contributed by atoms with van der Waals surface area (Å²) in [5.74, 6) is 0.0589. The highest BCUT2D eigenvalue weighted by Gasteiger charge is 2.30. The van der Waals surface area contributed by atoms with Crippen molar-refractivity contribution in [2.24, 2.45) is 17.8 Å². The smallest absolute Gasteiger partial charge is 0.462 e. The van der Waals surface area contributed by atoms with Crippen molar-refractivity contribution in [3.05, 3.63) is 0 Å².